The first-order valence-electron chi connectivity index (χ1n) is 9.95. The van der Waals surface area contributed by atoms with E-state index in [0.29, 0.717) is 51.3 Å². The number of benzene rings is 3. The molecule has 0 spiro atoms. The van der Waals surface area contributed by atoms with E-state index in [2.05, 4.69) is 15.4 Å². The Labute approximate surface area is 188 Å². The van der Waals surface area contributed by atoms with Crippen molar-refractivity contribution in [3.63, 3.8) is 0 Å². The van der Waals surface area contributed by atoms with Gasteiger partial charge in [-0.25, -0.2) is 14.1 Å². The average Bonchev–Trinajstić information content (AvgIpc) is 3.15. The molecule has 0 aliphatic carbocycles. The lowest BCUT2D eigenvalue weighted by Crippen LogP contribution is -2.05. The molecule has 5 aromatic rings. The molecule has 0 aliphatic rings. The lowest BCUT2D eigenvalue weighted by Gasteiger charge is -2.09. The molecule has 0 saturated carbocycles. The molecule has 0 atom stereocenters. The van der Waals surface area contributed by atoms with Crippen LogP contribution in [0.5, 0.6) is 0 Å². The quantitative estimate of drug-likeness (QED) is 0.375. The summed E-state index contributed by atoms with van der Waals surface area (Å²) in [6.07, 6.45) is 0. The van der Waals surface area contributed by atoms with Gasteiger partial charge < -0.3 is 11.1 Å². The number of nitrogens with two attached hydrogens (primary N) is 1. The van der Waals surface area contributed by atoms with E-state index in [1.54, 1.807) is 22.9 Å². The molecule has 0 saturated heterocycles. The van der Waals surface area contributed by atoms with Crippen LogP contribution in [0.25, 0.3) is 28.0 Å². The van der Waals surface area contributed by atoms with Crippen LogP contribution in [0.4, 0.5) is 16.2 Å². The molecule has 3 N–H and O–H groups in total. The van der Waals surface area contributed by atoms with E-state index < -0.39 is 0 Å². The molecule has 32 heavy (non-hydrogen) atoms. The van der Waals surface area contributed by atoms with E-state index in [4.69, 9.17) is 22.3 Å². The zero-order valence-corrected chi connectivity index (χ0v) is 17.6. The first-order valence-corrected chi connectivity index (χ1v) is 10.3. The number of nitrogens with one attached hydrogen (secondary N) is 1. The van der Waals surface area contributed by atoms with Crippen molar-refractivity contribution in [2.24, 2.45) is 0 Å². The van der Waals surface area contributed by atoms with Gasteiger partial charge in [-0.1, -0.05) is 54.1 Å². The zero-order chi connectivity index (χ0) is 22.1. The molecule has 0 bridgehead atoms. The van der Waals surface area contributed by atoms with Gasteiger partial charge in [0.25, 0.3) is 0 Å². The Kier molecular flexibility index (Phi) is 5.17. The molecule has 0 aliphatic heterocycles. The van der Waals surface area contributed by atoms with Gasteiger partial charge in [0, 0.05) is 12.1 Å². The summed E-state index contributed by atoms with van der Waals surface area (Å²) in [4.78, 5) is 9.27. The van der Waals surface area contributed by atoms with Crippen molar-refractivity contribution in [1.82, 2.24) is 19.7 Å². The largest absolute Gasteiger partial charge is 0.383 e. The third-order valence-electron chi connectivity index (χ3n) is 5.06. The Morgan fingerprint density at radius 3 is 2.38 bits per heavy atom. The number of fused-ring (bicyclic) bond motifs is 1. The highest BCUT2D eigenvalue weighted by Crippen LogP contribution is 2.34. The van der Waals surface area contributed by atoms with Crippen LogP contribution in [0, 0.1) is 5.82 Å². The fourth-order valence-electron chi connectivity index (χ4n) is 3.49. The number of aromatic nitrogens is 4. The fourth-order valence-corrected chi connectivity index (χ4v) is 3.71. The Bertz CT molecular complexity index is 1400. The first kappa shape index (κ1) is 20.0. The molecule has 0 unspecified atom stereocenters. The third kappa shape index (κ3) is 3.74. The Balaban J connectivity index is 1.66. The molecular weight excluding hydrogens is 427 g/mol. The lowest BCUT2D eigenvalue weighted by molar-refractivity contribution is 0.628. The van der Waals surface area contributed by atoms with Crippen molar-refractivity contribution < 1.29 is 4.39 Å². The minimum absolute atomic E-state index is 0.332. The molecule has 5 rings (SSSR count). The highest BCUT2D eigenvalue weighted by molar-refractivity contribution is 6.32. The van der Waals surface area contributed by atoms with Crippen LogP contribution in [0.1, 0.15) is 5.56 Å². The van der Waals surface area contributed by atoms with E-state index in [1.165, 1.54) is 12.1 Å². The zero-order valence-electron chi connectivity index (χ0n) is 16.8. The molecule has 2 heterocycles. The number of hydrogen-bond acceptors (Lipinski definition) is 5. The smallest absolute Gasteiger partial charge is 0.225 e. The van der Waals surface area contributed by atoms with E-state index in [1.807, 2.05) is 48.5 Å². The summed E-state index contributed by atoms with van der Waals surface area (Å²) in [6, 6.07) is 23.3. The summed E-state index contributed by atoms with van der Waals surface area (Å²) in [7, 11) is 0. The predicted molar refractivity (Wildman–Crippen MR) is 125 cm³/mol. The standard InChI is InChI=1S/C24H18ClFN6/c25-18-8-4-5-9-19(18)32-22(27)20-21(16-10-12-17(26)13-11-16)29-24(30-23(20)31-32)28-14-15-6-2-1-3-7-15/h1-13H,14,27H2,(H,28,30,31). The summed E-state index contributed by atoms with van der Waals surface area (Å²) in [5.41, 5.74) is 9.87. The van der Waals surface area contributed by atoms with Crippen LogP contribution in [0.2, 0.25) is 5.02 Å². The molecule has 158 valence electrons. The molecule has 2 aromatic heterocycles. The van der Waals surface area contributed by atoms with Gasteiger partial charge in [-0.2, -0.15) is 4.98 Å². The van der Waals surface area contributed by atoms with E-state index in [-0.39, 0.29) is 5.82 Å². The van der Waals surface area contributed by atoms with Crippen molar-refractivity contribution in [2.45, 2.75) is 6.54 Å². The van der Waals surface area contributed by atoms with Gasteiger partial charge in [0.05, 0.1) is 21.8 Å². The highest BCUT2D eigenvalue weighted by atomic mass is 35.5. The molecule has 3 aromatic carbocycles. The Hall–Kier alpha value is -3.97. The van der Waals surface area contributed by atoms with Gasteiger partial charge >= 0.3 is 0 Å². The third-order valence-corrected chi connectivity index (χ3v) is 5.38. The van der Waals surface area contributed by atoms with E-state index >= 15 is 0 Å². The van der Waals surface area contributed by atoms with Crippen LogP contribution in [0.15, 0.2) is 78.9 Å². The van der Waals surface area contributed by atoms with Crippen molar-refractivity contribution in [2.75, 3.05) is 11.1 Å². The second kappa shape index (κ2) is 8.28. The second-order valence-electron chi connectivity index (χ2n) is 7.19. The van der Waals surface area contributed by atoms with Crippen molar-refractivity contribution in [3.05, 3.63) is 95.3 Å². The van der Waals surface area contributed by atoms with Crippen LogP contribution in [-0.2, 0) is 6.54 Å². The minimum atomic E-state index is -0.332. The van der Waals surface area contributed by atoms with Crippen LogP contribution in [-0.4, -0.2) is 19.7 Å². The number of anilines is 2. The highest BCUT2D eigenvalue weighted by Gasteiger charge is 2.20. The van der Waals surface area contributed by atoms with Crippen LogP contribution >= 0.6 is 11.6 Å². The molecule has 8 heteroatoms. The van der Waals surface area contributed by atoms with Gasteiger partial charge in [-0.3, -0.25) is 0 Å². The number of rotatable bonds is 5. The number of halogens is 2. The lowest BCUT2D eigenvalue weighted by atomic mass is 10.1. The van der Waals surface area contributed by atoms with Crippen LogP contribution < -0.4 is 11.1 Å². The summed E-state index contributed by atoms with van der Waals surface area (Å²) >= 11 is 6.37. The van der Waals surface area contributed by atoms with Gasteiger partial charge in [-0.05, 0) is 42.0 Å². The average molecular weight is 445 g/mol. The molecular formula is C24H18ClFN6. The maximum absolute atomic E-state index is 13.6. The van der Waals surface area contributed by atoms with Crippen molar-refractivity contribution >= 4 is 34.4 Å². The molecule has 0 radical (unpaired) electrons. The maximum atomic E-state index is 13.6. The monoisotopic (exact) mass is 444 g/mol. The van der Waals surface area contributed by atoms with E-state index in [9.17, 15) is 4.39 Å². The Morgan fingerprint density at radius 2 is 1.62 bits per heavy atom. The van der Waals surface area contributed by atoms with Gasteiger partial charge in [0.2, 0.25) is 5.95 Å². The molecule has 6 nitrogen and oxygen atoms in total. The maximum Gasteiger partial charge on any atom is 0.225 e. The number of nitrogens with zero attached hydrogens (tertiary/aromatic N) is 4. The summed E-state index contributed by atoms with van der Waals surface area (Å²) in [6.45, 7) is 0.538. The molecule has 0 fully saturated rings. The van der Waals surface area contributed by atoms with Gasteiger partial charge in [0.15, 0.2) is 5.65 Å². The summed E-state index contributed by atoms with van der Waals surface area (Å²) in [5, 5.41) is 8.92. The fraction of sp³-hybridized carbons (Fsp3) is 0.0417. The number of hydrogen-bond donors (Lipinski definition) is 2. The van der Waals surface area contributed by atoms with E-state index in [0.717, 1.165) is 5.56 Å². The van der Waals surface area contributed by atoms with Crippen molar-refractivity contribution in [3.8, 4) is 16.9 Å². The van der Waals surface area contributed by atoms with Gasteiger partial charge in [0.1, 0.15) is 11.6 Å². The normalized spacial score (nSPS) is 11.1. The number of para-hydroxylation sites is 1. The first-order chi connectivity index (χ1) is 15.6. The summed E-state index contributed by atoms with van der Waals surface area (Å²) in [5.74, 6) is 0.410. The second-order valence-corrected chi connectivity index (χ2v) is 7.60. The SMILES string of the molecule is Nc1c2c(-c3ccc(F)cc3)nc(NCc3ccccc3)nc2nn1-c1ccccc1Cl. The Morgan fingerprint density at radius 1 is 0.906 bits per heavy atom. The topological polar surface area (TPSA) is 81.7 Å². The summed E-state index contributed by atoms with van der Waals surface area (Å²) < 4.78 is 15.1. The number of nitrogen functional groups attached to an aromatic ring is 1. The van der Waals surface area contributed by atoms with Crippen molar-refractivity contribution in [1.29, 1.82) is 0 Å². The van der Waals surface area contributed by atoms with Crippen LogP contribution in [0.3, 0.4) is 0 Å². The predicted octanol–water partition coefficient (Wildman–Crippen LogP) is 5.47. The molecule has 0 amide bonds. The minimum Gasteiger partial charge on any atom is -0.383 e. The van der Waals surface area contributed by atoms with Gasteiger partial charge in [-0.15, -0.1) is 5.10 Å².